The average molecular weight is 224 g/mol. The zero-order valence-electron chi connectivity index (χ0n) is 8.06. The van der Waals surface area contributed by atoms with Gasteiger partial charge in [-0.05, 0) is 17.7 Å². The number of hydrogen-bond donors (Lipinski definition) is 3. The van der Waals surface area contributed by atoms with Gasteiger partial charge in [-0.25, -0.2) is 0 Å². The fraction of sp³-hybridized carbons (Fsp3) is 0.300. The molecule has 4 N–H and O–H groups in total. The van der Waals surface area contributed by atoms with E-state index in [2.05, 4.69) is 5.32 Å². The molecule has 0 spiro atoms. The summed E-state index contributed by atoms with van der Waals surface area (Å²) in [5.41, 5.74) is 7.16. The number of nitrogens with two attached hydrogens (primary N) is 1. The Kier molecular flexibility index (Phi) is 2.83. The van der Waals surface area contributed by atoms with Crippen molar-refractivity contribution >= 4 is 23.4 Å². The molecule has 1 aromatic rings. The second-order valence-corrected chi connectivity index (χ2v) is 4.48. The third-order valence-corrected chi connectivity index (χ3v) is 3.38. The molecule has 1 unspecified atom stereocenters. The second kappa shape index (κ2) is 4.12. The monoisotopic (exact) mass is 224 g/mol. The summed E-state index contributed by atoms with van der Waals surface area (Å²) in [5.74, 6) is 0.0375. The summed E-state index contributed by atoms with van der Waals surface area (Å²) in [5, 5.41) is 12.0. The van der Waals surface area contributed by atoms with Crippen LogP contribution in [0, 0.1) is 0 Å². The number of fused-ring (bicyclic) bond motifs is 1. The van der Waals surface area contributed by atoms with Gasteiger partial charge in [0.15, 0.2) is 0 Å². The van der Waals surface area contributed by atoms with Gasteiger partial charge in [0.1, 0.15) is 6.04 Å². The molecular formula is C10H12N2O2S. The highest BCUT2D eigenvalue weighted by molar-refractivity contribution is 7.99. The van der Waals surface area contributed by atoms with Crippen molar-refractivity contribution in [3.05, 3.63) is 23.8 Å². The molecule has 1 aliphatic rings. The SMILES string of the molecule is NC(C(=O)O)c1ccc2c(c1)NCCS2. The van der Waals surface area contributed by atoms with Gasteiger partial charge in [-0.2, -0.15) is 0 Å². The Labute approximate surface area is 91.9 Å². The molecule has 0 saturated heterocycles. The largest absolute Gasteiger partial charge is 0.480 e. The second-order valence-electron chi connectivity index (χ2n) is 3.35. The Morgan fingerprint density at radius 3 is 3.13 bits per heavy atom. The summed E-state index contributed by atoms with van der Waals surface area (Å²) in [6, 6.07) is 4.58. The predicted octanol–water partition coefficient (Wildman–Crippen LogP) is 1.29. The number of anilines is 1. The minimum Gasteiger partial charge on any atom is -0.480 e. The highest BCUT2D eigenvalue weighted by Crippen LogP contribution is 2.32. The van der Waals surface area contributed by atoms with E-state index in [9.17, 15) is 4.79 Å². The first kappa shape index (κ1) is 10.3. The number of thioether (sulfide) groups is 1. The van der Waals surface area contributed by atoms with E-state index in [1.54, 1.807) is 17.8 Å². The molecular weight excluding hydrogens is 212 g/mol. The molecule has 1 atom stereocenters. The van der Waals surface area contributed by atoms with Crippen LogP contribution < -0.4 is 11.1 Å². The lowest BCUT2D eigenvalue weighted by Gasteiger charge is -2.19. The Morgan fingerprint density at radius 1 is 1.60 bits per heavy atom. The standard InChI is InChI=1S/C10H12N2O2S/c11-9(10(13)14)6-1-2-8-7(5-6)12-3-4-15-8/h1-2,5,9,12H,3-4,11H2,(H,13,14). The molecule has 2 rings (SSSR count). The number of rotatable bonds is 2. The van der Waals surface area contributed by atoms with Gasteiger partial charge in [0.25, 0.3) is 0 Å². The molecule has 0 fully saturated rings. The van der Waals surface area contributed by atoms with Crippen molar-refractivity contribution in [2.45, 2.75) is 10.9 Å². The highest BCUT2D eigenvalue weighted by atomic mass is 32.2. The van der Waals surface area contributed by atoms with Crippen molar-refractivity contribution < 1.29 is 9.90 Å². The Balaban J connectivity index is 2.31. The van der Waals surface area contributed by atoms with E-state index < -0.39 is 12.0 Å². The molecule has 0 saturated carbocycles. The number of carboxylic acids is 1. The molecule has 0 amide bonds. The molecule has 1 heterocycles. The molecule has 1 aromatic carbocycles. The minimum atomic E-state index is -1.00. The Hall–Kier alpha value is -1.20. The van der Waals surface area contributed by atoms with Gasteiger partial charge in [0, 0.05) is 22.9 Å². The van der Waals surface area contributed by atoms with Crippen LogP contribution in [0.4, 0.5) is 5.69 Å². The zero-order valence-corrected chi connectivity index (χ0v) is 8.88. The van der Waals surface area contributed by atoms with Crippen LogP contribution >= 0.6 is 11.8 Å². The molecule has 0 aliphatic carbocycles. The number of benzene rings is 1. The predicted molar refractivity (Wildman–Crippen MR) is 60.2 cm³/mol. The van der Waals surface area contributed by atoms with Crippen LogP contribution in [0.25, 0.3) is 0 Å². The van der Waals surface area contributed by atoms with Crippen molar-refractivity contribution in [3.8, 4) is 0 Å². The quantitative estimate of drug-likeness (QED) is 0.705. The first-order chi connectivity index (χ1) is 7.18. The number of aliphatic carboxylic acids is 1. The summed E-state index contributed by atoms with van der Waals surface area (Å²) >= 11 is 1.77. The molecule has 0 radical (unpaired) electrons. The Bertz CT molecular complexity index is 395. The summed E-state index contributed by atoms with van der Waals surface area (Å²) in [6.45, 7) is 0.906. The van der Waals surface area contributed by atoms with Gasteiger partial charge in [-0.3, -0.25) is 4.79 Å². The van der Waals surface area contributed by atoms with E-state index in [-0.39, 0.29) is 0 Å². The van der Waals surface area contributed by atoms with Crippen LogP contribution in [-0.4, -0.2) is 23.4 Å². The van der Waals surface area contributed by atoms with Crippen molar-refractivity contribution in [2.75, 3.05) is 17.6 Å². The number of carbonyl (C=O) groups is 1. The first-order valence-electron chi connectivity index (χ1n) is 4.67. The molecule has 0 bridgehead atoms. The maximum atomic E-state index is 10.7. The lowest BCUT2D eigenvalue weighted by molar-refractivity contribution is -0.138. The summed E-state index contributed by atoms with van der Waals surface area (Å²) in [7, 11) is 0. The van der Waals surface area contributed by atoms with Crippen LogP contribution in [0.5, 0.6) is 0 Å². The third kappa shape index (κ3) is 2.08. The van der Waals surface area contributed by atoms with Gasteiger partial charge in [-0.1, -0.05) is 6.07 Å². The van der Waals surface area contributed by atoms with E-state index in [1.165, 1.54) is 0 Å². The maximum absolute atomic E-state index is 10.7. The molecule has 80 valence electrons. The number of nitrogens with one attached hydrogen (secondary N) is 1. The fourth-order valence-corrected chi connectivity index (χ4v) is 2.37. The molecule has 4 nitrogen and oxygen atoms in total. The minimum absolute atomic E-state index is 0.635. The van der Waals surface area contributed by atoms with Gasteiger partial charge >= 0.3 is 5.97 Å². The van der Waals surface area contributed by atoms with Crippen LogP contribution in [0.3, 0.4) is 0 Å². The van der Waals surface area contributed by atoms with Crippen molar-refractivity contribution in [1.29, 1.82) is 0 Å². The fourth-order valence-electron chi connectivity index (χ4n) is 1.49. The van der Waals surface area contributed by atoms with E-state index >= 15 is 0 Å². The molecule has 15 heavy (non-hydrogen) atoms. The van der Waals surface area contributed by atoms with E-state index in [4.69, 9.17) is 10.8 Å². The average Bonchev–Trinajstić information content (AvgIpc) is 2.27. The first-order valence-corrected chi connectivity index (χ1v) is 5.66. The summed E-state index contributed by atoms with van der Waals surface area (Å²) in [4.78, 5) is 11.9. The molecule has 0 aromatic heterocycles. The number of carboxylic acid groups (broad SMARTS) is 1. The lowest BCUT2D eigenvalue weighted by atomic mass is 10.1. The van der Waals surface area contributed by atoms with Gasteiger partial charge in [0.05, 0.1) is 0 Å². The van der Waals surface area contributed by atoms with Crippen LogP contribution in [-0.2, 0) is 4.79 Å². The van der Waals surface area contributed by atoms with Gasteiger partial charge in [-0.15, -0.1) is 11.8 Å². The summed E-state index contributed by atoms with van der Waals surface area (Å²) < 4.78 is 0. The van der Waals surface area contributed by atoms with Crippen molar-refractivity contribution in [3.63, 3.8) is 0 Å². The molecule has 1 aliphatic heterocycles. The maximum Gasteiger partial charge on any atom is 0.325 e. The van der Waals surface area contributed by atoms with Crippen LogP contribution in [0.1, 0.15) is 11.6 Å². The zero-order chi connectivity index (χ0) is 10.8. The lowest BCUT2D eigenvalue weighted by Crippen LogP contribution is -2.21. The third-order valence-electron chi connectivity index (χ3n) is 2.30. The normalized spacial score (nSPS) is 16.3. The highest BCUT2D eigenvalue weighted by Gasteiger charge is 2.17. The summed E-state index contributed by atoms with van der Waals surface area (Å²) in [6.07, 6.45) is 0. The van der Waals surface area contributed by atoms with E-state index in [0.29, 0.717) is 5.56 Å². The van der Waals surface area contributed by atoms with E-state index in [0.717, 1.165) is 22.9 Å². The van der Waals surface area contributed by atoms with Crippen molar-refractivity contribution in [1.82, 2.24) is 0 Å². The van der Waals surface area contributed by atoms with Gasteiger partial charge in [0.2, 0.25) is 0 Å². The smallest absolute Gasteiger partial charge is 0.325 e. The number of hydrogen-bond acceptors (Lipinski definition) is 4. The van der Waals surface area contributed by atoms with Crippen molar-refractivity contribution in [2.24, 2.45) is 5.73 Å². The topological polar surface area (TPSA) is 75.4 Å². The Morgan fingerprint density at radius 2 is 2.40 bits per heavy atom. The molecule has 5 heteroatoms. The van der Waals surface area contributed by atoms with Crippen LogP contribution in [0.2, 0.25) is 0 Å². The van der Waals surface area contributed by atoms with Gasteiger partial charge < -0.3 is 16.2 Å². The van der Waals surface area contributed by atoms with Crippen LogP contribution in [0.15, 0.2) is 23.1 Å². The van der Waals surface area contributed by atoms with E-state index in [1.807, 2.05) is 12.1 Å².